The highest BCUT2D eigenvalue weighted by atomic mass is 32.2. The maximum atomic E-state index is 11.8. The molecule has 0 radical (unpaired) electrons. The molecule has 0 saturated carbocycles. The number of carbonyl (C=O) groups excluding carboxylic acids is 1. The summed E-state index contributed by atoms with van der Waals surface area (Å²) >= 11 is 3.16. The van der Waals surface area contributed by atoms with Gasteiger partial charge in [-0.05, 0) is 29.5 Å². The number of carboxylic acid groups (broad SMARTS) is 1. The van der Waals surface area contributed by atoms with Crippen molar-refractivity contribution in [2.24, 2.45) is 5.73 Å². The molecule has 7 heteroatoms. The number of β-lactam (4-membered cyclic amide) rings is 1. The molecular weight excluding hydrogens is 296 g/mol. The minimum atomic E-state index is -1.04. The van der Waals surface area contributed by atoms with Crippen LogP contribution in [0.15, 0.2) is 22.7 Å². The van der Waals surface area contributed by atoms with Crippen molar-refractivity contribution in [3.63, 3.8) is 0 Å². The predicted octanol–water partition coefficient (Wildman–Crippen LogP) is 1.18. The van der Waals surface area contributed by atoms with Crippen molar-refractivity contribution in [2.75, 3.05) is 5.75 Å². The summed E-state index contributed by atoms with van der Waals surface area (Å²) in [6, 6.07) is 1.45. The molecule has 1 unspecified atom stereocenters. The van der Waals surface area contributed by atoms with Gasteiger partial charge in [0.25, 0.3) is 0 Å². The fourth-order valence-electron chi connectivity index (χ4n) is 2.49. The van der Waals surface area contributed by atoms with Crippen molar-refractivity contribution in [1.82, 2.24) is 4.90 Å². The molecule has 1 amide bonds. The normalized spacial score (nSPS) is 25.5. The Hall–Kier alpha value is -1.31. The van der Waals surface area contributed by atoms with Crippen LogP contribution in [0.4, 0.5) is 0 Å². The minimum absolute atomic E-state index is 0.133. The molecule has 5 nitrogen and oxygen atoms in total. The lowest BCUT2D eigenvalue weighted by molar-refractivity contribution is -0.148. The second-order valence-corrected chi connectivity index (χ2v) is 7.00. The first-order valence-corrected chi connectivity index (χ1v) is 8.12. The molecule has 1 aromatic rings. The van der Waals surface area contributed by atoms with Crippen LogP contribution in [-0.2, 0) is 16.0 Å². The molecule has 2 aliphatic rings. The van der Waals surface area contributed by atoms with Crippen molar-refractivity contribution < 1.29 is 14.7 Å². The molecule has 0 aliphatic carbocycles. The number of nitrogens with two attached hydrogens (primary N) is 1. The Morgan fingerprint density at radius 2 is 2.35 bits per heavy atom. The number of fused-ring (bicyclic) bond motifs is 1. The van der Waals surface area contributed by atoms with Crippen LogP contribution in [-0.4, -0.2) is 39.1 Å². The van der Waals surface area contributed by atoms with Crippen molar-refractivity contribution in [1.29, 1.82) is 0 Å². The van der Waals surface area contributed by atoms with Crippen molar-refractivity contribution in [2.45, 2.75) is 24.8 Å². The first kappa shape index (κ1) is 13.7. The standard InChI is InChI=1S/C13H14N2O3S2/c1-6-2-3-19-8(6)4-7-5-20-12-9(14)11(16)15(12)10(7)13(17)18/h2-3,9,12H,4-5,14H2,1H3,(H,17,18)/t9?,12-/m1/s1. The summed E-state index contributed by atoms with van der Waals surface area (Å²) in [5.41, 5.74) is 7.81. The number of rotatable bonds is 3. The molecule has 1 fully saturated rings. The molecule has 1 aromatic heterocycles. The van der Waals surface area contributed by atoms with Crippen LogP contribution in [0.2, 0.25) is 0 Å². The van der Waals surface area contributed by atoms with Gasteiger partial charge in [-0.25, -0.2) is 4.79 Å². The number of carboxylic acids is 1. The van der Waals surface area contributed by atoms with E-state index in [-0.39, 0.29) is 17.0 Å². The smallest absolute Gasteiger partial charge is 0.352 e. The van der Waals surface area contributed by atoms with E-state index in [4.69, 9.17) is 5.73 Å². The number of hydrogen-bond donors (Lipinski definition) is 2. The van der Waals surface area contributed by atoms with Gasteiger partial charge in [-0.2, -0.15) is 0 Å². The topological polar surface area (TPSA) is 83.6 Å². The molecule has 1 saturated heterocycles. The average Bonchev–Trinajstić information content (AvgIpc) is 2.82. The van der Waals surface area contributed by atoms with Crippen LogP contribution in [0.5, 0.6) is 0 Å². The van der Waals surface area contributed by atoms with E-state index in [0.717, 1.165) is 16.0 Å². The zero-order valence-corrected chi connectivity index (χ0v) is 12.5. The fourth-order valence-corrected chi connectivity index (χ4v) is 4.74. The molecule has 0 aromatic carbocycles. The van der Waals surface area contributed by atoms with E-state index >= 15 is 0 Å². The van der Waals surface area contributed by atoms with E-state index in [1.54, 1.807) is 23.1 Å². The monoisotopic (exact) mass is 310 g/mol. The third-order valence-corrected chi connectivity index (χ3v) is 6.02. The third kappa shape index (κ3) is 1.97. The number of thiophene rings is 1. The summed E-state index contributed by atoms with van der Waals surface area (Å²) in [6.45, 7) is 2.01. The molecule has 20 heavy (non-hydrogen) atoms. The fraction of sp³-hybridized carbons (Fsp3) is 0.385. The average molecular weight is 310 g/mol. The van der Waals surface area contributed by atoms with Gasteiger partial charge in [-0.1, -0.05) is 0 Å². The van der Waals surface area contributed by atoms with E-state index in [1.165, 1.54) is 4.90 Å². The Bertz CT molecular complexity index is 623. The molecule has 0 bridgehead atoms. The van der Waals surface area contributed by atoms with E-state index in [2.05, 4.69) is 0 Å². The van der Waals surface area contributed by atoms with E-state index in [9.17, 15) is 14.7 Å². The maximum Gasteiger partial charge on any atom is 0.352 e. The van der Waals surface area contributed by atoms with Crippen LogP contribution in [0.1, 0.15) is 10.4 Å². The Morgan fingerprint density at radius 1 is 1.60 bits per heavy atom. The molecule has 2 aliphatic heterocycles. The van der Waals surface area contributed by atoms with Crippen molar-refractivity contribution in [3.8, 4) is 0 Å². The first-order valence-electron chi connectivity index (χ1n) is 6.19. The Labute approximate surface area is 124 Å². The molecule has 2 atom stereocenters. The second-order valence-electron chi connectivity index (χ2n) is 4.90. The Balaban J connectivity index is 1.96. The quantitative estimate of drug-likeness (QED) is 0.819. The summed E-state index contributed by atoms with van der Waals surface area (Å²) in [6.07, 6.45) is 0.587. The first-order chi connectivity index (χ1) is 9.50. The zero-order chi connectivity index (χ0) is 14.4. The molecule has 3 N–H and O–H groups in total. The SMILES string of the molecule is Cc1ccsc1CC1=C(C(=O)O)N2C(=O)C(N)[C@H]2SC1. The third-order valence-electron chi connectivity index (χ3n) is 3.63. The highest BCUT2D eigenvalue weighted by Crippen LogP contribution is 2.40. The molecule has 3 rings (SSSR count). The van der Waals surface area contributed by atoms with Gasteiger partial charge in [0, 0.05) is 17.1 Å². The highest BCUT2D eigenvalue weighted by molar-refractivity contribution is 8.00. The van der Waals surface area contributed by atoms with E-state index in [0.29, 0.717) is 12.2 Å². The minimum Gasteiger partial charge on any atom is -0.477 e. The lowest BCUT2D eigenvalue weighted by Gasteiger charge is -2.48. The summed E-state index contributed by atoms with van der Waals surface area (Å²) in [5.74, 6) is -0.721. The molecule has 106 valence electrons. The summed E-state index contributed by atoms with van der Waals surface area (Å²) in [5, 5.41) is 11.2. The summed E-state index contributed by atoms with van der Waals surface area (Å²) in [4.78, 5) is 25.8. The Kier molecular flexibility index (Phi) is 3.35. The van der Waals surface area contributed by atoms with Gasteiger partial charge in [-0.3, -0.25) is 9.69 Å². The van der Waals surface area contributed by atoms with Crippen LogP contribution in [0, 0.1) is 6.92 Å². The van der Waals surface area contributed by atoms with Crippen LogP contribution < -0.4 is 5.73 Å². The van der Waals surface area contributed by atoms with Gasteiger partial charge in [0.1, 0.15) is 17.1 Å². The molecular formula is C13H14N2O3S2. The zero-order valence-electron chi connectivity index (χ0n) is 10.8. The summed E-state index contributed by atoms with van der Waals surface area (Å²) in [7, 11) is 0. The lowest BCUT2D eigenvalue weighted by atomic mass is 10.0. The predicted molar refractivity (Wildman–Crippen MR) is 78.5 cm³/mol. The second kappa shape index (κ2) is 4.91. The van der Waals surface area contributed by atoms with Gasteiger partial charge < -0.3 is 10.8 Å². The van der Waals surface area contributed by atoms with E-state index in [1.807, 2.05) is 18.4 Å². The number of carbonyl (C=O) groups is 2. The van der Waals surface area contributed by atoms with Gasteiger partial charge >= 0.3 is 5.97 Å². The van der Waals surface area contributed by atoms with Crippen LogP contribution in [0.25, 0.3) is 0 Å². The van der Waals surface area contributed by atoms with Crippen molar-refractivity contribution in [3.05, 3.63) is 33.2 Å². The number of aryl methyl sites for hydroxylation is 1. The van der Waals surface area contributed by atoms with Gasteiger partial charge in [0.05, 0.1) is 0 Å². The number of nitrogens with zero attached hydrogens (tertiary/aromatic N) is 1. The maximum absolute atomic E-state index is 11.8. The highest BCUT2D eigenvalue weighted by Gasteiger charge is 2.51. The van der Waals surface area contributed by atoms with Gasteiger partial charge in [-0.15, -0.1) is 23.1 Å². The summed E-state index contributed by atoms with van der Waals surface area (Å²) < 4.78 is 0. The van der Waals surface area contributed by atoms with E-state index < -0.39 is 12.0 Å². The van der Waals surface area contributed by atoms with Gasteiger partial charge in [0.2, 0.25) is 5.91 Å². The number of hydrogen-bond acceptors (Lipinski definition) is 5. The van der Waals surface area contributed by atoms with Gasteiger partial charge in [0.15, 0.2) is 0 Å². The molecule has 0 spiro atoms. The van der Waals surface area contributed by atoms with Crippen LogP contribution in [0.3, 0.4) is 0 Å². The largest absolute Gasteiger partial charge is 0.477 e. The van der Waals surface area contributed by atoms with Crippen molar-refractivity contribution >= 4 is 35.0 Å². The number of aliphatic carboxylic acids is 1. The Morgan fingerprint density at radius 3 is 2.95 bits per heavy atom. The van der Waals surface area contributed by atoms with Crippen LogP contribution >= 0.6 is 23.1 Å². The number of amides is 1. The molecule has 3 heterocycles. The number of thioether (sulfide) groups is 1. The lowest BCUT2D eigenvalue weighted by Crippen LogP contribution is -2.68.